The Labute approximate surface area is 195 Å². The van der Waals surface area contributed by atoms with Crippen molar-refractivity contribution in [2.45, 2.75) is 30.3 Å². The van der Waals surface area contributed by atoms with Crippen LogP contribution in [0, 0.1) is 28.1 Å². The van der Waals surface area contributed by atoms with Gasteiger partial charge in [-0.2, -0.15) is 10.5 Å². The Morgan fingerprint density at radius 2 is 1.75 bits per heavy atom. The van der Waals surface area contributed by atoms with E-state index in [1.54, 1.807) is 12.1 Å². The quantitative estimate of drug-likeness (QED) is 0.460. The predicted octanol–water partition coefficient (Wildman–Crippen LogP) is 5.83. The van der Waals surface area contributed by atoms with Crippen LogP contribution in [-0.4, -0.2) is 23.3 Å². The molecule has 3 aromatic rings. The van der Waals surface area contributed by atoms with Crippen molar-refractivity contribution in [1.82, 2.24) is 4.90 Å². The van der Waals surface area contributed by atoms with Crippen LogP contribution in [-0.2, 0) is 5.54 Å². The Hall–Kier alpha value is -2.89. The van der Waals surface area contributed by atoms with Crippen molar-refractivity contribution in [3.05, 3.63) is 81.3 Å². The van der Waals surface area contributed by atoms with Crippen LogP contribution in [0.4, 0.5) is 0 Å². The third kappa shape index (κ3) is 2.04. The molecule has 0 N–H and O–H groups in total. The molecule has 0 radical (unpaired) electrons. The molecule has 3 aromatic carbocycles. The summed E-state index contributed by atoms with van der Waals surface area (Å²) in [6, 6.07) is 21.4. The highest BCUT2D eigenvalue weighted by Crippen LogP contribution is 2.67. The zero-order valence-corrected chi connectivity index (χ0v) is 18.5. The number of benzene rings is 3. The summed E-state index contributed by atoms with van der Waals surface area (Å²) < 4.78 is 0. The van der Waals surface area contributed by atoms with E-state index in [0.29, 0.717) is 22.2 Å². The standard InChI is InChI=1S/C26H17Cl2N3O/c27-19-10-9-16(12-20(19)28)23-21-8-3-11-31(21)26(25(23,13-29)14-30)18-7-2-5-15-4-1-6-17(22(15)18)24(26)32/h1-2,4-7,9-10,12,21,23H,3,8,11H2/t21-,23-,26+/m1/s1. The molecule has 6 rings (SSSR count). The minimum atomic E-state index is -1.61. The Morgan fingerprint density at radius 1 is 1.00 bits per heavy atom. The van der Waals surface area contributed by atoms with Crippen LogP contribution >= 0.6 is 23.2 Å². The molecule has 4 nitrogen and oxygen atoms in total. The molecular weight excluding hydrogens is 441 g/mol. The molecule has 0 amide bonds. The van der Waals surface area contributed by atoms with E-state index < -0.39 is 16.9 Å². The molecule has 2 aliphatic heterocycles. The van der Waals surface area contributed by atoms with E-state index in [1.165, 1.54) is 0 Å². The van der Waals surface area contributed by atoms with Gasteiger partial charge in [-0.25, -0.2) is 0 Å². The first kappa shape index (κ1) is 19.8. The van der Waals surface area contributed by atoms with E-state index in [2.05, 4.69) is 17.0 Å². The summed E-state index contributed by atoms with van der Waals surface area (Å²) in [7, 11) is 0. The molecule has 1 aliphatic carbocycles. The van der Waals surface area contributed by atoms with Gasteiger partial charge in [0.2, 0.25) is 0 Å². The fraction of sp³-hybridized carbons (Fsp3) is 0.269. The van der Waals surface area contributed by atoms with Crippen LogP contribution in [0.3, 0.4) is 0 Å². The normalized spacial score (nSPS) is 27.6. The van der Waals surface area contributed by atoms with Crippen molar-refractivity contribution in [3.8, 4) is 12.1 Å². The minimum Gasteiger partial charge on any atom is -0.292 e. The fourth-order valence-corrected chi connectivity index (χ4v) is 6.93. The summed E-state index contributed by atoms with van der Waals surface area (Å²) in [5.41, 5.74) is -0.828. The first-order valence-corrected chi connectivity index (χ1v) is 11.4. The number of hydrogen-bond acceptors (Lipinski definition) is 4. The van der Waals surface area contributed by atoms with E-state index in [1.807, 2.05) is 42.5 Å². The first-order chi connectivity index (χ1) is 15.5. The smallest absolute Gasteiger partial charge is 0.191 e. The molecule has 6 heteroatoms. The van der Waals surface area contributed by atoms with Gasteiger partial charge in [-0.15, -0.1) is 0 Å². The second kappa shape index (κ2) is 6.56. The molecular formula is C26H17Cl2N3O. The zero-order chi connectivity index (χ0) is 22.3. The highest BCUT2D eigenvalue weighted by molar-refractivity contribution is 6.42. The largest absolute Gasteiger partial charge is 0.292 e. The molecule has 3 aliphatic rings. The number of halogens is 2. The molecule has 32 heavy (non-hydrogen) atoms. The SMILES string of the molecule is N#CC1(C#N)[C@H](c2ccc(Cl)c(Cl)c2)[C@H]2CCCN2[C@@]12C(=O)c1cccc3cccc2c13. The van der Waals surface area contributed by atoms with Gasteiger partial charge in [-0.3, -0.25) is 9.69 Å². The number of nitrogens with zero attached hydrogens (tertiary/aromatic N) is 3. The lowest BCUT2D eigenvalue weighted by molar-refractivity contribution is 0.0544. The monoisotopic (exact) mass is 457 g/mol. The van der Waals surface area contributed by atoms with Gasteiger partial charge in [0, 0.05) is 17.5 Å². The minimum absolute atomic E-state index is 0.125. The average Bonchev–Trinajstić information content (AvgIpc) is 3.44. The number of Topliss-reactive ketones (excluding diaryl/α,β-unsaturated/α-hetero) is 1. The van der Waals surface area contributed by atoms with Crippen LogP contribution in [0.25, 0.3) is 10.8 Å². The predicted molar refractivity (Wildman–Crippen MR) is 123 cm³/mol. The summed E-state index contributed by atoms with van der Waals surface area (Å²) in [4.78, 5) is 16.4. The number of nitriles is 2. The molecule has 0 aromatic heterocycles. The highest BCUT2D eigenvalue weighted by Gasteiger charge is 2.76. The Balaban J connectivity index is 1.72. The van der Waals surface area contributed by atoms with Gasteiger partial charge < -0.3 is 0 Å². The zero-order valence-electron chi connectivity index (χ0n) is 17.0. The number of fused-ring (bicyclic) bond motifs is 3. The van der Waals surface area contributed by atoms with Crippen LogP contribution in [0.1, 0.15) is 40.2 Å². The molecule has 0 unspecified atom stereocenters. The molecule has 3 atom stereocenters. The highest BCUT2D eigenvalue weighted by atomic mass is 35.5. The fourth-order valence-electron chi connectivity index (χ4n) is 6.63. The van der Waals surface area contributed by atoms with Crippen molar-refractivity contribution >= 4 is 39.8 Å². The van der Waals surface area contributed by atoms with Gasteiger partial charge in [0.05, 0.1) is 22.2 Å². The summed E-state index contributed by atoms with van der Waals surface area (Å²) in [5.74, 6) is -0.648. The Kier molecular flexibility index (Phi) is 4.05. The van der Waals surface area contributed by atoms with E-state index >= 15 is 0 Å². The lowest BCUT2D eigenvalue weighted by Crippen LogP contribution is -2.54. The van der Waals surface area contributed by atoms with Gasteiger partial charge in [0.25, 0.3) is 0 Å². The Morgan fingerprint density at radius 3 is 2.47 bits per heavy atom. The third-order valence-electron chi connectivity index (χ3n) is 7.68. The lowest BCUT2D eigenvalue weighted by Gasteiger charge is -2.40. The van der Waals surface area contributed by atoms with Crippen LogP contribution in [0.5, 0.6) is 0 Å². The first-order valence-electron chi connectivity index (χ1n) is 10.6. The maximum Gasteiger partial charge on any atom is 0.191 e. The summed E-state index contributed by atoms with van der Waals surface area (Å²) in [5, 5.41) is 24.0. The van der Waals surface area contributed by atoms with Crippen LogP contribution in [0.15, 0.2) is 54.6 Å². The van der Waals surface area contributed by atoms with Crippen molar-refractivity contribution in [3.63, 3.8) is 0 Å². The Bertz CT molecular complexity index is 1400. The lowest BCUT2D eigenvalue weighted by atomic mass is 9.60. The molecule has 1 spiro atoms. The number of carbonyl (C=O) groups is 1. The molecule has 2 saturated heterocycles. The van der Waals surface area contributed by atoms with Crippen molar-refractivity contribution in [2.75, 3.05) is 6.54 Å². The van der Waals surface area contributed by atoms with Crippen LogP contribution in [0.2, 0.25) is 10.0 Å². The second-order valence-electron chi connectivity index (χ2n) is 8.83. The van der Waals surface area contributed by atoms with Crippen molar-refractivity contribution < 1.29 is 4.79 Å². The van der Waals surface area contributed by atoms with Gasteiger partial charge in [0.1, 0.15) is 5.54 Å². The number of hydrogen-bond donors (Lipinski definition) is 0. The van der Waals surface area contributed by atoms with Crippen LogP contribution < -0.4 is 0 Å². The van der Waals surface area contributed by atoms with E-state index in [0.717, 1.165) is 34.7 Å². The maximum atomic E-state index is 14.3. The summed E-state index contributed by atoms with van der Waals surface area (Å²) in [6.07, 6.45) is 1.70. The van der Waals surface area contributed by atoms with Gasteiger partial charge >= 0.3 is 0 Å². The summed E-state index contributed by atoms with van der Waals surface area (Å²) in [6.45, 7) is 0.656. The van der Waals surface area contributed by atoms with Gasteiger partial charge in [-0.1, -0.05) is 65.7 Å². The van der Waals surface area contributed by atoms with E-state index in [9.17, 15) is 15.3 Å². The number of carbonyl (C=O) groups excluding carboxylic acids is 1. The molecule has 0 saturated carbocycles. The van der Waals surface area contributed by atoms with E-state index in [4.69, 9.17) is 23.2 Å². The molecule has 156 valence electrons. The average molecular weight is 458 g/mol. The second-order valence-corrected chi connectivity index (χ2v) is 9.65. The van der Waals surface area contributed by atoms with Gasteiger partial charge in [0.15, 0.2) is 11.2 Å². The maximum absolute atomic E-state index is 14.3. The molecule has 0 bridgehead atoms. The molecule has 2 fully saturated rings. The van der Waals surface area contributed by atoms with Gasteiger partial charge in [-0.05, 0) is 53.4 Å². The number of ketones is 1. The molecule has 2 heterocycles. The third-order valence-corrected chi connectivity index (χ3v) is 8.41. The number of rotatable bonds is 1. The summed E-state index contributed by atoms with van der Waals surface area (Å²) >= 11 is 12.5. The van der Waals surface area contributed by atoms with Crippen molar-refractivity contribution in [2.24, 2.45) is 5.41 Å². The topological polar surface area (TPSA) is 67.9 Å². The van der Waals surface area contributed by atoms with E-state index in [-0.39, 0.29) is 11.8 Å². The van der Waals surface area contributed by atoms with Crippen molar-refractivity contribution in [1.29, 1.82) is 10.5 Å².